The molecule has 38 heavy (non-hydrogen) atoms. The Kier molecular flexibility index (Phi) is 8.77. The van der Waals surface area contributed by atoms with Crippen molar-refractivity contribution < 1.29 is 22.5 Å². The molecule has 0 aliphatic heterocycles. The van der Waals surface area contributed by atoms with Crippen LogP contribution in [0.4, 0.5) is 17.5 Å². The number of nitrogens with zero attached hydrogens (tertiary/aromatic N) is 2. The van der Waals surface area contributed by atoms with Crippen LogP contribution in [0.5, 0.6) is 0 Å². The van der Waals surface area contributed by atoms with Gasteiger partial charge < -0.3 is 15.4 Å². The lowest BCUT2D eigenvalue weighted by Crippen LogP contribution is -2.17. The summed E-state index contributed by atoms with van der Waals surface area (Å²) in [6.07, 6.45) is 0.833. The molecule has 200 valence electrons. The summed E-state index contributed by atoms with van der Waals surface area (Å²) in [6.45, 7) is 4.56. The molecule has 4 N–H and O–H groups in total. The van der Waals surface area contributed by atoms with E-state index in [2.05, 4.69) is 15.6 Å². The molecule has 0 saturated carbocycles. The lowest BCUT2D eigenvalue weighted by molar-refractivity contribution is -0.147. The molecule has 2 aromatic heterocycles. The van der Waals surface area contributed by atoms with Gasteiger partial charge in [0.2, 0.25) is 5.95 Å². The van der Waals surface area contributed by atoms with Gasteiger partial charge in [-0.25, -0.2) is 4.98 Å². The number of fused-ring (bicyclic) bond motifs is 1. The maximum absolute atomic E-state index is 12.0. The Balaban J connectivity index is 1.56. The van der Waals surface area contributed by atoms with Crippen molar-refractivity contribution in [3.05, 3.63) is 65.5 Å². The Labute approximate surface area is 225 Å². The molecule has 2 heterocycles. The fourth-order valence-corrected chi connectivity index (χ4v) is 5.03. The third kappa shape index (κ3) is 7.40. The van der Waals surface area contributed by atoms with Crippen LogP contribution in [0.3, 0.4) is 0 Å². The van der Waals surface area contributed by atoms with E-state index in [4.69, 9.17) is 14.3 Å². The number of hydrogen-bond acceptors (Lipinski definition) is 9. The van der Waals surface area contributed by atoms with Crippen LogP contribution in [0, 0.1) is 0 Å². The highest BCUT2D eigenvalue weighted by Crippen LogP contribution is 2.37. The largest absolute Gasteiger partial charge is 0.463 e. The second-order valence-electron chi connectivity index (χ2n) is 8.60. The van der Waals surface area contributed by atoms with E-state index in [1.807, 2.05) is 54.3 Å². The Morgan fingerprint density at radius 1 is 1.08 bits per heavy atom. The van der Waals surface area contributed by atoms with Crippen LogP contribution in [0.15, 0.2) is 60.0 Å². The molecule has 4 rings (SSSR count). The van der Waals surface area contributed by atoms with Gasteiger partial charge in [0, 0.05) is 24.0 Å². The van der Waals surface area contributed by atoms with E-state index in [-0.39, 0.29) is 24.2 Å². The molecule has 0 amide bonds. The molecule has 10 nitrogen and oxygen atoms in total. The maximum Gasteiger partial charge on any atom is 0.357 e. The standard InChI is InChI=1S/C26H29N5O5S2/c1-3-17(2)36-22(32)13-14-27-26-29-24(28-15-18-9-11-20(12-10-18)31-38(33,34)35)23-21(16-37-25(23)30-26)19-7-5-4-6-8-19/h4-12,16-17,31H,3,13-15H2,1-2H3,(H,33,34,35)(H2,27,28,29,30). The Hall–Kier alpha value is -3.74. The first-order valence-corrected chi connectivity index (χ1v) is 14.4. The zero-order valence-electron chi connectivity index (χ0n) is 21.0. The van der Waals surface area contributed by atoms with Gasteiger partial charge in [0.25, 0.3) is 0 Å². The molecule has 0 bridgehead atoms. The second-order valence-corrected chi connectivity index (χ2v) is 10.6. The smallest absolute Gasteiger partial charge is 0.357 e. The van der Waals surface area contributed by atoms with Crippen molar-refractivity contribution in [1.29, 1.82) is 0 Å². The molecular formula is C26H29N5O5S2. The predicted octanol–water partition coefficient (Wildman–Crippen LogP) is 5.33. The highest BCUT2D eigenvalue weighted by molar-refractivity contribution is 7.87. The molecule has 4 aromatic rings. The van der Waals surface area contributed by atoms with Crippen molar-refractivity contribution in [2.75, 3.05) is 21.9 Å². The SMILES string of the molecule is CCC(C)OC(=O)CCNc1nc(NCc2ccc(NS(=O)(=O)O)cc2)c2c(-c3ccccc3)csc2n1. The number of carbonyl (C=O) groups excluding carboxylic acids is 1. The monoisotopic (exact) mass is 555 g/mol. The maximum atomic E-state index is 12.0. The molecule has 1 atom stereocenters. The summed E-state index contributed by atoms with van der Waals surface area (Å²) in [5.74, 6) is 0.742. The van der Waals surface area contributed by atoms with Crippen molar-refractivity contribution in [1.82, 2.24) is 9.97 Å². The number of nitrogens with one attached hydrogen (secondary N) is 3. The molecule has 0 saturated heterocycles. The van der Waals surface area contributed by atoms with Crippen molar-refractivity contribution in [2.45, 2.75) is 39.3 Å². The minimum atomic E-state index is -4.34. The molecular weight excluding hydrogens is 526 g/mol. The van der Waals surface area contributed by atoms with Gasteiger partial charge in [0.05, 0.1) is 23.6 Å². The topological polar surface area (TPSA) is 143 Å². The number of carbonyl (C=O) groups is 1. The summed E-state index contributed by atoms with van der Waals surface area (Å²) < 4.78 is 38.4. The Bertz CT molecular complexity index is 1490. The van der Waals surface area contributed by atoms with Gasteiger partial charge in [0.15, 0.2) is 0 Å². The minimum Gasteiger partial charge on any atom is -0.463 e. The summed E-state index contributed by atoms with van der Waals surface area (Å²) in [7, 11) is -4.34. The molecule has 1 unspecified atom stereocenters. The van der Waals surface area contributed by atoms with Gasteiger partial charge in [-0.2, -0.15) is 13.4 Å². The first-order valence-electron chi connectivity index (χ1n) is 12.1. The summed E-state index contributed by atoms with van der Waals surface area (Å²) in [5.41, 5.74) is 3.17. The van der Waals surface area contributed by atoms with E-state index >= 15 is 0 Å². The van der Waals surface area contributed by atoms with Crippen molar-refractivity contribution in [3.63, 3.8) is 0 Å². The number of benzene rings is 2. The quantitative estimate of drug-likeness (QED) is 0.135. The number of rotatable bonds is 12. The van der Waals surface area contributed by atoms with E-state index in [0.29, 0.717) is 24.9 Å². The number of anilines is 3. The zero-order chi connectivity index (χ0) is 27.1. The number of thiophene rings is 1. The van der Waals surface area contributed by atoms with E-state index < -0.39 is 10.3 Å². The molecule has 0 aliphatic rings. The summed E-state index contributed by atoms with van der Waals surface area (Å²) >= 11 is 1.51. The average molecular weight is 556 g/mol. The van der Waals surface area contributed by atoms with E-state index in [1.165, 1.54) is 11.3 Å². The molecule has 0 aliphatic carbocycles. The summed E-state index contributed by atoms with van der Waals surface area (Å²) in [4.78, 5) is 22.2. The van der Waals surface area contributed by atoms with E-state index in [1.54, 1.807) is 24.3 Å². The van der Waals surface area contributed by atoms with Crippen LogP contribution in [-0.2, 0) is 26.4 Å². The van der Waals surface area contributed by atoms with Crippen LogP contribution >= 0.6 is 11.3 Å². The normalized spacial score (nSPS) is 12.2. The van der Waals surface area contributed by atoms with Gasteiger partial charge in [0.1, 0.15) is 10.6 Å². The van der Waals surface area contributed by atoms with Crippen LogP contribution in [0.2, 0.25) is 0 Å². The molecule has 12 heteroatoms. The van der Waals surface area contributed by atoms with Gasteiger partial charge in [-0.3, -0.25) is 14.1 Å². The third-order valence-corrected chi connectivity index (χ3v) is 7.06. The molecule has 0 radical (unpaired) electrons. The predicted molar refractivity (Wildman–Crippen MR) is 151 cm³/mol. The van der Waals surface area contributed by atoms with Gasteiger partial charge >= 0.3 is 16.3 Å². The van der Waals surface area contributed by atoms with E-state index in [9.17, 15) is 13.2 Å². The highest BCUT2D eigenvalue weighted by atomic mass is 32.2. The van der Waals surface area contributed by atoms with Crippen LogP contribution in [-0.4, -0.2) is 41.6 Å². The van der Waals surface area contributed by atoms with Crippen LogP contribution < -0.4 is 15.4 Å². The fraction of sp³-hybridized carbons (Fsp3) is 0.269. The number of ether oxygens (including phenoxy) is 1. The third-order valence-electron chi connectivity index (χ3n) is 5.70. The lowest BCUT2D eigenvalue weighted by atomic mass is 10.1. The van der Waals surface area contributed by atoms with Gasteiger partial charge in [-0.15, -0.1) is 11.3 Å². The van der Waals surface area contributed by atoms with Gasteiger partial charge in [-0.05, 0) is 36.6 Å². The lowest BCUT2D eigenvalue weighted by Gasteiger charge is -2.13. The highest BCUT2D eigenvalue weighted by Gasteiger charge is 2.16. The molecule has 0 spiro atoms. The second kappa shape index (κ2) is 12.2. The Morgan fingerprint density at radius 2 is 1.82 bits per heavy atom. The average Bonchev–Trinajstić information content (AvgIpc) is 3.32. The first-order chi connectivity index (χ1) is 18.2. The number of esters is 1. The van der Waals surface area contributed by atoms with Crippen LogP contribution in [0.25, 0.3) is 21.3 Å². The van der Waals surface area contributed by atoms with Crippen molar-refractivity contribution >= 4 is 55.3 Å². The zero-order valence-corrected chi connectivity index (χ0v) is 22.6. The molecule has 2 aromatic carbocycles. The number of hydrogen-bond donors (Lipinski definition) is 4. The van der Waals surface area contributed by atoms with Crippen LogP contribution in [0.1, 0.15) is 32.3 Å². The van der Waals surface area contributed by atoms with Gasteiger partial charge in [-0.1, -0.05) is 49.4 Å². The van der Waals surface area contributed by atoms with E-state index in [0.717, 1.165) is 33.3 Å². The van der Waals surface area contributed by atoms with Crippen molar-refractivity contribution in [2.24, 2.45) is 0 Å². The molecule has 0 fully saturated rings. The van der Waals surface area contributed by atoms with Crippen molar-refractivity contribution in [3.8, 4) is 11.1 Å². The first kappa shape index (κ1) is 27.3. The number of aromatic nitrogens is 2. The summed E-state index contributed by atoms with van der Waals surface area (Å²) in [5, 5.41) is 9.43. The fourth-order valence-electron chi connectivity index (χ4n) is 3.65. The summed E-state index contributed by atoms with van der Waals surface area (Å²) in [6, 6.07) is 16.6. The minimum absolute atomic E-state index is 0.119. The Morgan fingerprint density at radius 3 is 2.50 bits per heavy atom.